The Hall–Kier alpha value is -1.43. The Kier molecular flexibility index (Phi) is 7.62. The van der Waals surface area contributed by atoms with Gasteiger partial charge in [-0.25, -0.2) is 8.42 Å². The average Bonchev–Trinajstić information content (AvgIpc) is 2.47. The third kappa shape index (κ3) is 5.30. The summed E-state index contributed by atoms with van der Waals surface area (Å²) in [5, 5.41) is -5.77. The van der Waals surface area contributed by atoms with E-state index in [0.717, 1.165) is 7.11 Å². The second-order valence-corrected chi connectivity index (χ2v) is 6.47. The first-order chi connectivity index (χ1) is 10.7. The summed E-state index contributed by atoms with van der Waals surface area (Å²) in [6, 6.07) is 0. The highest BCUT2D eigenvalue weighted by Gasteiger charge is 2.60. The third-order valence-corrected chi connectivity index (χ3v) is 4.24. The van der Waals surface area contributed by atoms with Crippen molar-refractivity contribution in [2.75, 3.05) is 13.7 Å². The average molecular weight is 381 g/mol. The highest BCUT2D eigenvalue weighted by atomic mass is 32.2. The van der Waals surface area contributed by atoms with E-state index in [1.807, 2.05) is 0 Å². The van der Waals surface area contributed by atoms with Crippen LogP contribution in [-0.2, 0) is 29.2 Å². The summed E-state index contributed by atoms with van der Waals surface area (Å²) in [5.41, 5.74) is 0. The Bertz CT molecular complexity index is 562. The van der Waals surface area contributed by atoms with Crippen molar-refractivity contribution in [3.63, 3.8) is 0 Å². The molecule has 0 aromatic carbocycles. The van der Waals surface area contributed by atoms with E-state index in [-0.39, 0.29) is 0 Å². The molecular formula is C12H17F4O7S-. The molecule has 24 heavy (non-hydrogen) atoms. The molecule has 0 aliphatic heterocycles. The Balaban J connectivity index is 4.54. The van der Waals surface area contributed by atoms with Crippen LogP contribution in [-0.4, -0.2) is 49.8 Å². The Labute approximate surface area is 136 Å². The molecule has 0 radical (unpaired) electrons. The second-order valence-electron chi connectivity index (χ2n) is 5.05. The zero-order valence-corrected chi connectivity index (χ0v) is 13.9. The van der Waals surface area contributed by atoms with E-state index in [2.05, 4.69) is 9.47 Å². The molecule has 0 aliphatic carbocycles. The van der Waals surface area contributed by atoms with Crippen LogP contribution >= 0.6 is 0 Å². The smallest absolute Gasteiger partial charge is 0.396 e. The number of carbonyl (C=O) groups is 2. The molecule has 0 aromatic rings. The molecule has 0 bridgehead atoms. The Morgan fingerprint density at radius 1 is 1.08 bits per heavy atom. The number of carbonyl (C=O) groups excluding carboxylic acids is 2. The minimum atomic E-state index is -6.54. The normalized spacial score (nSPS) is 15.5. The minimum absolute atomic E-state index is 0.703. The Morgan fingerprint density at radius 3 is 1.96 bits per heavy atom. The number of methoxy groups -OCH3 is 1. The van der Waals surface area contributed by atoms with E-state index in [9.17, 15) is 40.1 Å². The molecule has 0 saturated carbocycles. The lowest BCUT2D eigenvalue weighted by atomic mass is 9.96. The van der Waals surface area contributed by atoms with Crippen molar-refractivity contribution in [2.45, 2.75) is 37.9 Å². The van der Waals surface area contributed by atoms with Crippen LogP contribution in [0, 0.1) is 11.8 Å². The molecule has 2 unspecified atom stereocenters. The molecule has 0 N–H and O–H groups in total. The van der Waals surface area contributed by atoms with Gasteiger partial charge in [0.15, 0.2) is 10.1 Å². The molecule has 2 atom stereocenters. The van der Waals surface area contributed by atoms with Crippen LogP contribution < -0.4 is 0 Å². The standard InChI is InChI=1S/C12H18F4O7S/c1-7(9(17)22-3)8(2)10(18)23-6-4-5-11(13,14)12(15,16)24(19,20)21/h7-8H,4-6H2,1-3H3,(H,19,20,21)/p-1. The fourth-order valence-corrected chi connectivity index (χ4v) is 1.99. The Morgan fingerprint density at radius 2 is 1.54 bits per heavy atom. The molecule has 0 fully saturated rings. The molecule has 0 aliphatic rings. The number of rotatable bonds is 9. The maximum atomic E-state index is 13.1. The van der Waals surface area contributed by atoms with Crippen molar-refractivity contribution in [3.05, 3.63) is 0 Å². The first kappa shape index (κ1) is 22.6. The van der Waals surface area contributed by atoms with Gasteiger partial charge >= 0.3 is 23.1 Å². The van der Waals surface area contributed by atoms with Gasteiger partial charge in [0.1, 0.15) is 0 Å². The van der Waals surface area contributed by atoms with Crippen LogP contribution in [0.3, 0.4) is 0 Å². The van der Waals surface area contributed by atoms with Gasteiger partial charge in [-0.2, -0.15) is 17.6 Å². The van der Waals surface area contributed by atoms with Gasteiger partial charge in [-0.05, 0) is 6.42 Å². The van der Waals surface area contributed by atoms with Crippen molar-refractivity contribution in [1.29, 1.82) is 0 Å². The highest BCUT2D eigenvalue weighted by Crippen LogP contribution is 2.41. The fourth-order valence-electron chi connectivity index (χ4n) is 1.52. The quantitative estimate of drug-likeness (QED) is 0.258. The molecule has 0 amide bonds. The van der Waals surface area contributed by atoms with E-state index in [1.165, 1.54) is 13.8 Å². The number of esters is 2. The van der Waals surface area contributed by atoms with Crippen LogP contribution in [0.5, 0.6) is 0 Å². The van der Waals surface area contributed by atoms with Crippen LogP contribution in [0.1, 0.15) is 26.7 Å². The first-order valence-corrected chi connectivity index (χ1v) is 8.05. The maximum absolute atomic E-state index is 13.1. The predicted molar refractivity (Wildman–Crippen MR) is 70.1 cm³/mol. The van der Waals surface area contributed by atoms with Gasteiger partial charge in [-0.3, -0.25) is 9.59 Å². The summed E-state index contributed by atoms with van der Waals surface area (Å²) in [6.07, 6.45) is -2.50. The molecule has 0 spiro atoms. The molecule has 0 heterocycles. The van der Waals surface area contributed by atoms with Gasteiger partial charge in [-0.1, -0.05) is 13.8 Å². The first-order valence-electron chi connectivity index (χ1n) is 6.64. The van der Waals surface area contributed by atoms with Gasteiger partial charge in [0.25, 0.3) is 0 Å². The van der Waals surface area contributed by atoms with Gasteiger partial charge in [0.05, 0.1) is 25.6 Å². The van der Waals surface area contributed by atoms with Gasteiger partial charge in [0.2, 0.25) is 0 Å². The number of hydrogen-bond donors (Lipinski definition) is 0. The summed E-state index contributed by atoms with van der Waals surface area (Å²) in [5.74, 6) is -8.60. The molecular weight excluding hydrogens is 364 g/mol. The summed E-state index contributed by atoms with van der Waals surface area (Å²) >= 11 is 0. The van der Waals surface area contributed by atoms with Crippen LogP contribution in [0.25, 0.3) is 0 Å². The summed E-state index contributed by atoms with van der Waals surface area (Å²) in [4.78, 5) is 22.8. The van der Waals surface area contributed by atoms with Crippen molar-refractivity contribution >= 4 is 22.1 Å². The second kappa shape index (κ2) is 8.10. The van der Waals surface area contributed by atoms with Crippen LogP contribution in [0.15, 0.2) is 0 Å². The molecule has 0 saturated heterocycles. The summed E-state index contributed by atoms with van der Waals surface area (Å²) < 4.78 is 91.5. The predicted octanol–water partition coefficient (Wildman–Crippen LogP) is 1.53. The topological polar surface area (TPSA) is 110 Å². The molecule has 0 rings (SSSR count). The van der Waals surface area contributed by atoms with Crippen LogP contribution in [0.4, 0.5) is 17.6 Å². The zero-order chi connectivity index (χ0) is 19.3. The molecule has 142 valence electrons. The van der Waals surface area contributed by atoms with Gasteiger partial charge < -0.3 is 14.0 Å². The molecule has 12 heteroatoms. The van der Waals surface area contributed by atoms with E-state index in [0.29, 0.717) is 0 Å². The number of hydrogen-bond acceptors (Lipinski definition) is 7. The van der Waals surface area contributed by atoms with Crippen molar-refractivity contribution in [1.82, 2.24) is 0 Å². The zero-order valence-electron chi connectivity index (χ0n) is 13.1. The largest absolute Gasteiger partial charge is 0.743 e. The minimum Gasteiger partial charge on any atom is -0.743 e. The maximum Gasteiger partial charge on any atom is 0.396 e. The van der Waals surface area contributed by atoms with Gasteiger partial charge in [-0.15, -0.1) is 0 Å². The lowest BCUT2D eigenvalue weighted by Gasteiger charge is -2.28. The SMILES string of the molecule is COC(=O)C(C)C(C)C(=O)OCCCC(F)(F)C(F)(F)S(=O)(=O)[O-]. The summed E-state index contributed by atoms with van der Waals surface area (Å²) in [6.45, 7) is 1.96. The van der Waals surface area contributed by atoms with E-state index < -0.39 is 64.5 Å². The van der Waals surface area contributed by atoms with Gasteiger partial charge in [0, 0.05) is 6.42 Å². The number of ether oxygens (including phenoxy) is 2. The van der Waals surface area contributed by atoms with E-state index >= 15 is 0 Å². The van der Waals surface area contributed by atoms with Crippen molar-refractivity contribution in [2.24, 2.45) is 11.8 Å². The summed E-state index contributed by atoms with van der Waals surface area (Å²) in [7, 11) is -5.44. The van der Waals surface area contributed by atoms with E-state index in [1.54, 1.807) is 0 Å². The highest BCUT2D eigenvalue weighted by molar-refractivity contribution is 7.86. The van der Waals surface area contributed by atoms with Crippen molar-refractivity contribution in [3.8, 4) is 0 Å². The number of alkyl halides is 4. The fraction of sp³-hybridized carbons (Fsp3) is 0.833. The van der Waals surface area contributed by atoms with E-state index in [4.69, 9.17) is 0 Å². The monoisotopic (exact) mass is 381 g/mol. The molecule has 0 aromatic heterocycles. The van der Waals surface area contributed by atoms with Crippen LogP contribution in [0.2, 0.25) is 0 Å². The molecule has 7 nitrogen and oxygen atoms in total. The number of halogens is 4. The third-order valence-electron chi connectivity index (χ3n) is 3.31. The van der Waals surface area contributed by atoms with Crippen molar-refractivity contribution < 1.29 is 49.6 Å². The lowest BCUT2D eigenvalue weighted by Crippen LogP contribution is -2.47. The lowest BCUT2D eigenvalue weighted by molar-refractivity contribution is -0.169.